The van der Waals surface area contributed by atoms with Crippen molar-refractivity contribution in [3.05, 3.63) is 170 Å². The van der Waals surface area contributed by atoms with Gasteiger partial charge in [-0.2, -0.15) is 0 Å². The molecule has 48 heavy (non-hydrogen) atoms. The Morgan fingerprint density at radius 2 is 0.375 bits per heavy atom. The largest absolute Gasteiger partial charge is 0.243 e. The van der Waals surface area contributed by atoms with Crippen LogP contribution in [-0.2, 0) is 0 Å². The maximum absolute atomic E-state index is 5.51. The third-order valence-corrected chi connectivity index (χ3v) is 8.86. The predicted molar refractivity (Wildman–Crippen MR) is 195 cm³/mol. The van der Waals surface area contributed by atoms with Crippen molar-refractivity contribution < 1.29 is 0 Å². The van der Waals surface area contributed by atoms with E-state index in [1.165, 1.54) is 0 Å². The molecule has 0 radical (unpaired) electrons. The molecule has 4 heteroatoms. The van der Waals surface area contributed by atoms with Crippen LogP contribution in [0.25, 0.3) is 90.1 Å². The summed E-state index contributed by atoms with van der Waals surface area (Å²) in [7, 11) is 0. The molecule has 0 N–H and O–H groups in total. The lowest BCUT2D eigenvalue weighted by Gasteiger charge is -2.23. The highest BCUT2D eigenvalue weighted by atomic mass is 14.9. The van der Waals surface area contributed by atoms with Gasteiger partial charge in [-0.25, -0.2) is 19.9 Å². The molecule has 4 nitrogen and oxygen atoms in total. The van der Waals surface area contributed by atoms with Crippen LogP contribution in [0, 0.1) is 0 Å². The summed E-state index contributed by atoms with van der Waals surface area (Å²) in [6.45, 7) is 0. The average molecular weight is 613 g/mol. The SMILES string of the molecule is c1ccc(-c2nc3c(nc2-c2ccccc2)-c2ccccc2-c2nc(-c4ccccc4)c(-c4ccccc4)nc2-c2ccccc2-3)cc1. The van der Waals surface area contributed by atoms with E-state index in [0.717, 1.165) is 90.1 Å². The number of benzene rings is 6. The molecule has 224 valence electrons. The Morgan fingerprint density at radius 1 is 0.188 bits per heavy atom. The Morgan fingerprint density at radius 3 is 0.583 bits per heavy atom. The summed E-state index contributed by atoms with van der Waals surface area (Å²) in [6, 6.07) is 58.1. The van der Waals surface area contributed by atoms with Gasteiger partial charge in [0.25, 0.3) is 0 Å². The lowest BCUT2D eigenvalue weighted by molar-refractivity contribution is 1.19. The van der Waals surface area contributed by atoms with E-state index < -0.39 is 0 Å². The predicted octanol–water partition coefficient (Wildman–Crippen LogP) is 10.9. The standard InChI is InChI=1S/C44H28N4/c1-5-17-29(18-6-1)37-38(30-19-7-2-8-20-30)46-42-35-27-15-16-28-36(35)44-43(34-26-14-13-25-33(34)41(42)45-37)47-39(31-21-9-3-10-22-31)40(48-44)32-23-11-4-12-24-32/h1-28H. The Labute approximate surface area is 279 Å². The summed E-state index contributed by atoms with van der Waals surface area (Å²) < 4.78 is 0. The molecular weight excluding hydrogens is 585 g/mol. The monoisotopic (exact) mass is 612 g/mol. The first kappa shape index (κ1) is 27.8. The summed E-state index contributed by atoms with van der Waals surface area (Å²) in [5.74, 6) is 0. The van der Waals surface area contributed by atoms with Crippen LogP contribution in [0.15, 0.2) is 170 Å². The molecule has 2 heterocycles. The highest BCUT2D eigenvalue weighted by molar-refractivity contribution is 6.01. The van der Waals surface area contributed by atoms with Gasteiger partial charge in [-0.05, 0) is 0 Å². The van der Waals surface area contributed by atoms with Crippen LogP contribution in [-0.4, -0.2) is 19.9 Å². The van der Waals surface area contributed by atoms with Crippen molar-refractivity contribution in [3.63, 3.8) is 0 Å². The van der Waals surface area contributed by atoms with Crippen molar-refractivity contribution in [2.45, 2.75) is 0 Å². The molecule has 0 spiro atoms. The van der Waals surface area contributed by atoms with Gasteiger partial charge in [0, 0.05) is 44.5 Å². The van der Waals surface area contributed by atoms with Crippen LogP contribution in [0.2, 0.25) is 0 Å². The first-order valence-corrected chi connectivity index (χ1v) is 16.1. The van der Waals surface area contributed by atoms with E-state index in [-0.39, 0.29) is 0 Å². The van der Waals surface area contributed by atoms with Gasteiger partial charge < -0.3 is 0 Å². The van der Waals surface area contributed by atoms with E-state index in [0.29, 0.717) is 0 Å². The van der Waals surface area contributed by atoms with Gasteiger partial charge >= 0.3 is 0 Å². The molecule has 1 aliphatic carbocycles. The molecule has 6 aromatic carbocycles. The van der Waals surface area contributed by atoms with E-state index >= 15 is 0 Å². The minimum atomic E-state index is 0.817. The van der Waals surface area contributed by atoms with Crippen LogP contribution in [0.3, 0.4) is 0 Å². The summed E-state index contributed by atoms with van der Waals surface area (Å²) in [5.41, 5.74) is 14.5. The number of hydrogen-bond acceptors (Lipinski definition) is 4. The van der Waals surface area contributed by atoms with Gasteiger partial charge in [-0.15, -0.1) is 0 Å². The molecule has 0 fully saturated rings. The molecule has 1 aliphatic rings. The van der Waals surface area contributed by atoms with Crippen molar-refractivity contribution in [1.29, 1.82) is 0 Å². The fourth-order valence-electron chi connectivity index (χ4n) is 6.60. The summed E-state index contributed by atoms with van der Waals surface area (Å²) in [6.07, 6.45) is 0. The molecule has 9 rings (SSSR count). The quantitative estimate of drug-likeness (QED) is 0.198. The lowest BCUT2D eigenvalue weighted by atomic mass is 9.88. The van der Waals surface area contributed by atoms with Crippen LogP contribution >= 0.6 is 0 Å². The van der Waals surface area contributed by atoms with Crippen molar-refractivity contribution in [2.75, 3.05) is 0 Å². The summed E-state index contributed by atoms with van der Waals surface area (Å²) in [5, 5.41) is 0. The molecule has 0 unspecified atom stereocenters. The first-order valence-electron chi connectivity index (χ1n) is 16.1. The van der Waals surface area contributed by atoms with Gasteiger partial charge in [0.1, 0.15) is 0 Å². The molecule has 0 saturated carbocycles. The zero-order chi connectivity index (χ0) is 31.9. The number of nitrogens with zero attached hydrogens (tertiary/aromatic N) is 4. The van der Waals surface area contributed by atoms with Crippen LogP contribution < -0.4 is 0 Å². The maximum atomic E-state index is 5.51. The molecule has 0 amide bonds. The van der Waals surface area contributed by atoms with Crippen molar-refractivity contribution in [3.8, 4) is 90.1 Å². The minimum absolute atomic E-state index is 0.817. The second kappa shape index (κ2) is 11.7. The molecule has 2 aromatic heterocycles. The van der Waals surface area contributed by atoms with Crippen LogP contribution in [0.4, 0.5) is 0 Å². The highest BCUT2D eigenvalue weighted by Crippen LogP contribution is 2.48. The van der Waals surface area contributed by atoms with Crippen LogP contribution in [0.1, 0.15) is 0 Å². The Balaban J connectivity index is 1.41. The van der Waals surface area contributed by atoms with Crippen molar-refractivity contribution in [1.82, 2.24) is 19.9 Å². The highest BCUT2D eigenvalue weighted by Gasteiger charge is 2.29. The number of fused-ring (bicyclic) bond motifs is 8. The molecule has 0 saturated heterocycles. The minimum Gasteiger partial charge on any atom is -0.243 e. The molecule has 0 aliphatic heterocycles. The van der Waals surface area contributed by atoms with Crippen LogP contribution in [0.5, 0.6) is 0 Å². The lowest BCUT2D eigenvalue weighted by Crippen LogP contribution is -2.07. The third-order valence-electron chi connectivity index (χ3n) is 8.86. The number of hydrogen-bond donors (Lipinski definition) is 0. The normalized spacial score (nSPS) is 11.3. The molecule has 0 atom stereocenters. The molecule has 0 bridgehead atoms. The van der Waals surface area contributed by atoms with Gasteiger partial charge in [-0.3, -0.25) is 0 Å². The third kappa shape index (κ3) is 4.70. The van der Waals surface area contributed by atoms with E-state index in [4.69, 9.17) is 19.9 Å². The second-order valence-electron chi connectivity index (χ2n) is 11.8. The van der Waals surface area contributed by atoms with Gasteiger partial charge in [0.2, 0.25) is 0 Å². The first-order chi connectivity index (χ1) is 23.8. The van der Waals surface area contributed by atoms with Gasteiger partial charge in [0.05, 0.1) is 45.6 Å². The van der Waals surface area contributed by atoms with Gasteiger partial charge in [-0.1, -0.05) is 170 Å². The number of aromatic nitrogens is 4. The maximum Gasteiger partial charge on any atom is 0.0980 e. The van der Waals surface area contributed by atoms with Gasteiger partial charge in [0.15, 0.2) is 0 Å². The summed E-state index contributed by atoms with van der Waals surface area (Å²) >= 11 is 0. The van der Waals surface area contributed by atoms with E-state index in [2.05, 4.69) is 97.1 Å². The average Bonchev–Trinajstić information content (AvgIpc) is 3.18. The molecule has 8 aromatic rings. The zero-order valence-electron chi connectivity index (χ0n) is 26.0. The Bertz CT molecular complexity index is 2080. The van der Waals surface area contributed by atoms with E-state index in [1.807, 2.05) is 72.8 Å². The van der Waals surface area contributed by atoms with E-state index in [9.17, 15) is 0 Å². The Kier molecular flexibility index (Phi) is 6.76. The second-order valence-corrected chi connectivity index (χ2v) is 11.8. The fourth-order valence-corrected chi connectivity index (χ4v) is 6.60. The smallest absolute Gasteiger partial charge is 0.0980 e. The topological polar surface area (TPSA) is 51.6 Å². The Hall–Kier alpha value is -6.52. The van der Waals surface area contributed by atoms with E-state index in [1.54, 1.807) is 0 Å². The fraction of sp³-hybridized carbons (Fsp3) is 0. The summed E-state index contributed by atoms with van der Waals surface area (Å²) in [4.78, 5) is 22.0. The van der Waals surface area contributed by atoms with Crippen molar-refractivity contribution >= 4 is 0 Å². The van der Waals surface area contributed by atoms with Crippen molar-refractivity contribution in [2.24, 2.45) is 0 Å². The zero-order valence-corrected chi connectivity index (χ0v) is 26.0. The molecular formula is C44H28N4. The number of rotatable bonds is 4.